The highest BCUT2D eigenvalue weighted by Crippen LogP contribution is 2.36. The van der Waals surface area contributed by atoms with Crippen molar-refractivity contribution in [2.24, 2.45) is 0 Å². The number of aromatic nitrogens is 4. The van der Waals surface area contributed by atoms with Crippen LogP contribution in [0.25, 0.3) is 33.1 Å². The summed E-state index contributed by atoms with van der Waals surface area (Å²) in [5.74, 6) is -0.555. The Bertz CT molecular complexity index is 1640. The molecule has 1 fully saturated rings. The normalized spacial score (nSPS) is 16.2. The van der Waals surface area contributed by atoms with Crippen molar-refractivity contribution < 1.29 is 32.2 Å². The molecule has 5 rings (SSSR count). The quantitative estimate of drug-likeness (QED) is 0.345. The van der Waals surface area contributed by atoms with Gasteiger partial charge in [0, 0.05) is 48.4 Å². The van der Waals surface area contributed by atoms with Crippen LogP contribution in [0.1, 0.15) is 31.3 Å². The number of pyridine rings is 1. The zero-order valence-electron chi connectivity index (χ0n) is 22.7. The van der Waals surface area contributed by atoms with Gasteiger partial charge in [0.1, 0.15) is 23.5 Å². The summed E-state index contributed by atoms with van der Waals surface area (Å²) in [7, 11) is 12.0. The minimum Gasteiger partial charge on any atom is -0.443 e. The first kappa shape index (κ1) is 28.7. The van der Waals surface area contributed by atoms with Gasteiger partial charge < -0.3 is 14.4 Å². The molecule has 41 heavy (non-hydrogen) atoms. The maximum absolute atomic E-state index is 13.6. The van der Waals surface area contributed by atoms with Gasteiger partial charge in [-0.25, -0.2) is 4.79 Å². The minimum atomic E-state index is -4.60. The van der Waals surface area contributed by atoms with Crippen molar-refractivity contribution in [2.75, 3.05) is 26.3 Å². The van der Waals surface area contributed by atoms with E-state index in [1.807, 2.05) is 0 Å². The molecule has 210 valence electrons. The number of carbonyl (C=O) groups is 2. The largest absolute Gasteiger partial charge is 0.443 e. The third kappa shape index (κ3) is 6.12. The summed E-state index contributed by atoms with van der Waals surface area (Å²) in [6, 6.07) is 8.19. The van der Waals surface area contributed by atoms with Crippen LogP contribution in [-0.4, -0.2) is 90.0 Å². The van der Waals surface area contributed by atoms with Gasteiger partial charge in [-0.05, 0) is 32.9 Å². The molecule has 4 radical (unpaired) electrons. The zero-order valence-corrected chi connectivity index (χ0v) is 22.7. The highest BCUT2D eigenvalue weighted by molar-refractivity contribution is 6.40. The van der Waals surface area contributed by atoms with Gasteiger partial charge in [-0.15, -0.1) is 0 Å². The van der Waals surface area contributed by atoms with Gasteiger partial charge in [0.25, 0.3) is 5.91 Å². The standard InChI is InChI=1S/C27H26B2F3N5O4/c1-25(2,3)41-24(39)36-12-18(16-6-4-5-7-20(16)36)22-17-11-33-19(10-21(17)37(34-22)14-27(30,31)32)23(38)35-8-9-40-15-26(28,29)13-35/h4-7,10-12H,8-9,13-15H2,1-3H3. The summed E-state index contributed by atoms with van der Waals surface area (Å²) in [4.78, 5) is 32.0. The number of nitrogens with zero attached hydrogens (tertiary/aromatic N) is 5. The number of hydrogen-bond acceptors (Lipinski definition) is 6. The molecular formula is C27H26B2F3N5O4. The summed E-state index contributed by atoms with van der Waals surface area (Å²) in [6.07, 6.45) is -2.46. The van der Waals surface area contributed by atoms with Gasteiger partial charge in [0.2, 0.25) is 0 Å². The van der Waals surface area contributed by atoms with Crippen molar-refractivity contribution in [1.29, 1.82) is 0 Å². The molecule has 1 aromatic carbocycles. The molecule has 0 N–H and O–H groups in total. The summed E-state index contributed by atoms with van der Waals surface area (Å²) >= 11 is 0. The Labute approximate surface area is 236 Å². The van der Waals surface area contributed by atoms with E-state index in [2.05, 4.69) is 10.1 Å². The summed E-state index contributed by atoms with van der Waals surface area (Å²) in [5, 5.41) is 3.85. The molecule has 0 spiro atoms. The van der Waals surface area contributed by atoms with E-state index in [0.717, 1.165) is 4.68 Å². The number of carbonyl (C=O) groups excluding carboxylic acids is 2. The van der Waals surface area contributed by atoms with Crippen LogP contribution in [0.3, 0.4) is 0 Å². The van der Waals surface area contributed by atoms with Crippen molar-refractivity contribution >= 4 is 49.5 Å². The molecule has 0 unspecified atom stereocenters. The van der Waals surface area contributed by atoms with Crippen LogP contribution in [0.4, 0.5) is 18.0 Å². The maximum Gasteiger partial charge on any atom is 0.419 e. The highest BCUT2D eigenvalue weighted by atomic mass is 19.4. The van der Waals surface area contributed by atoms with E-state index in [4.69, 9.17) is 25.2 Å². The SMILES string of the molecule is [B]C1([B])COCCN(C(=O)c2cc3c(cn2)c(-c2cn(C(=O)OC(C)(C)C)c4ccccc24)nn3CC(F)(F)F)C1. The number of fused-ring (bicyclic) bond motifs is 2. The average molecular weight is 563 g/mol. The Morgan fingerprint density at radius 1 is 1.12 bits per heavy atom. The molecule has 4 heterocycles. The van der Waals surface area contributed by atoms with Crippen molar-refractivity contribution in [1.82, 2.24) is 24.2 Å². The number of amides is 1. The lowest BCUT2D eigenvalue weighted by atomic mass is 9.55. The Morgan fingerprint density at radius 2 is 1.85 bits per heavy atom. The third-order valence-corrected chi connectivity index (χ3v) is 6.39. The summed E-state index contributed by atoms with van der Waals surface area (Å²) in [5.41, 5.74) is 0.234. The van der Waals surface area contributed by atoms with Crippen LogP contribution < -0.4 is 0 Å². The first-order chi connectivity index (χ1) is 19.1. The molecule has 14 heteroatoms. The summed E-state index contributed by atoms with van der Waals surface area (Å²) in [6.45, 7) is 4.19. The van der Waals surface area contributed by atoms with Crippen molar-refractivity contribution in [3.05, 3.63) is 48.4 Å². The second-order valence-corrected chi connectivity index (χ2v) is 11.1. The molecular weight excluding hydrogens is 537 g/mol. The van der Waals surface area contributed by atoms with E-state index in [1.54, 1.807) is 45.0 Å². The number of benzene rings is 1. The van der Waals surface area contributed by atoms with E-state index in [0.29, 0.717) is 16.5 Å². The Kier molecular flexibility index (Phi) is 7.17. The van der Waals surface area contributed by atoms with E-state index in [1.165, 1.54) is 27.9 Å². The average Bonchev–Trinajstić information content (AvgIpc) is 3.35. The lowest BCUT2D eigenvalue weighted by molar-refractivity contribution is -0.141. The number of alkyl halides is 3. The van der Waals surface area contributed by atoms with Crippen LogP contribution in [0.2, 0.25) is 5.21 Å². The minimum absolute atomic E-state index is 0.0250. The molecule has 0 aliphatic carbocycles. The predicted octanol–water partition coefficient (Wildman–Crippen LogP) is 4.32. The Morgan fingerprint density at radius 3 is 2.56 bits per heavy atom. The number of rotatable bonds is 3. The van der Waals surface area contributed by atoms with Crippen molar-refractivity contribution in [3.8, 4) is 11.3 Å². The predicted molar refractivity (Wildman–Crippen MR) is 147 cm³/mol. The van der Waals surface area contributed by atoms with Gasteiger partial charge in [-0.2, -0.15) is 18.3 Å². The zero-order chi connectivity index (χ0) is 29.7. The fraction of sp³-hybridized carbons (Fsp3) is 0.407. The van der Waals surface area contributed by atoms with Crippen LogP contribution >= 0.6 is 0 Å². The smallest absolute Gasteiger partial charge is 0.419 e. The number of para-hydroxylation sites is 1. The Hall–Kier alpha value is -3.80. The van der Waals surface area contributed by atoms with Gasteiger partial charge in [-0.3, -0.25) is 19.0 Å². The monoisotopic (exact) mass is 563 g/mol. The molecule has 1 aliphatic rings. The van der Waals surface area contributed by atoms with Gasteiger partial charge in [0.05, 0.1) is 33.3 Å². The third-order valence-electron chi connectivity index (χ3n) is 6.39. The highest BCUT2D eigenvalue weighted by Gasteiger charge is 2.32. The molecule has 1 amide bonds. The van der Waals surface area contributed by atoms with Crippen LogP contribution in [0.15, 0.2) is 42.7 Å². The number of halogens is 3. The maximum atomic E-state index is 13.6. The number of hydrogen-bond donors (Lipinski definition) is 0. The fourth-order valence-corrected chi connectivity index (χ4v) is 4.76. The second-order valence-electron chi connectivity index (χ2n) is 11.1. The van der Waals surface area contributed by atoms with Gasteiger partial charge in [0.15, 0.2) is 0 Å². The molecule has 0 saturated carbocycles. The lowest BCUT2D eigenvalue weighted by Crippen LogP contribution is -2.39. The first-order valence-corrected chi connectivity index (χ1v) is 12.8. The summed E-state index contributed by atoms with van der Waals surface area (Å²) < 4.78 is 53.8. The van der Waals surface area contributed by atoms with Crippen LogP contribution in [0, 0.1) is 0 Å². The Balaban J connectivity index is 1.64. The molecule has 1 saturated heterocycles. The molecule has 0 atom stereocenters. The second kappa shape index (κ2) is 10.2. The molecule has 4 aromatic rings. The first-order valence-electron chi connectivity index (χ1n) is 12.8. The molecule has 9 nitrogen and oxygen atoms in total. The fourth-order valence-electron chi connectivity index (χ4n) is 4.76. The van der Waals surface area contributed by atoms with Gasteiger partial charge in [-0.1, -0.05) is 23.4 Å². The molecule has 1 aliphatic heterocycles. The van der Waals surface area contributed by atoms with Gasteiger partial charge >= 0.3 is 12.3 Å². The van der Waals surface area contributed by atoms with E-state index in [9.17, 15) is 22.8 Å². The van der Waals surface area contributed by atoms with E-state index >= 15 is 0 Å². The molecule has 0 bridgehead atoms. The lowest BCUT2D eigenvalue weighted by Gasteiger charge is -2.29. The topological polar surface area (TPSA) is 91.5 Å². The van der Waals surface area contributed by atoms with E-state index < -0.39 is 35.5 Å². The van der Waals surface area contributed by atoms with Crippen LogP contribution in [-0.2, 0) is 16.0 Å². The van der Waals surface area contributed by atoms with Crippen molar-refractivity contribution in [2.45, 2.75) is 44.3 Å². The van der Waals surface area contributed by atoms with E-state index in [-0.39, 0.29) is 48.6 Å². The van der Waals surface area contributed by atoms with Crippen molar-refractivity contribution in [3.63, 3.8) is 0 Å². The van der Waals surface area contributed by atoms with Crippen LogP contribution in [0.5, 0.6) is 0 Å². The molecule has 3 aromatic heterocycles. The number of ether oxygens (including phenoxy) is 2.